The zero-order valence-corrected chi connectivity index (χ0v) is 11.6. The van der Waals surface area contributed by atoms with Crippen LogP contribution in [0.25, 0.3) is 6.08 Å². The fraction of sp³-hybridized carbons (Fsp3) is 0.467. The average Bonchev–Trinajstić information content (AvgIpc) is 2.85. The first-order chi connectivity index (χ1) is 9.17. The molecule has 2 aliphatic rings. The predicted octanol–water partition coefficient (Wildman–Crippen LogP) is 3.62. The molecule has 2 N–H and O–H groups in total. The van der Waals surface area contributed by atoms with E-state index < -0.39 is 0 Å². The Balaban J connectivity index is 1.73. The van der Waals surface area contributed by atoms with Crippen molar-refractivity contribution >= 4 is 23.4 Å². The highest BCUT2D eigenvalue weighted by Gasteiger charge is 2.38. The molecule has 3 nitrogen and oxygen atoms in total. The summed E-state index contributed by atoms with van der Waals surface area (Å²) in [6.07, 6.45) is 6.00. The van der Waals surface area contributed by atoms with E-state index in [0.29, 0.717) is 0 Å². The molecule has 1 aliphatic carbocycles. The van der Waals surface area contributed by atoms with Crippen molar-refractivity contribution < 1.29 is 9.47 Å². The monoisotopic (exact) mass is 279 g/mol. The SMILES string of the molecule is Nc1ccc(Cl)cc1C=C1CCC2(CC1)OCCO2. The number of nitrogens with two attached hydrogens (primary N) is 1. The summed E-state index contributed by atoms with van der Waals surface area (Å²) in [4.78, 5) is 0. The van der Waals surface area contributed by atoms with Gasteiger partial charge in [-0.3, -0.25) is 0 Å². The molecule has 1 spiro atoms. The minimum absolute atomic E-state index is 0.308. The van der Waals surface area contributed by atoms with Crippen LogP contribution in [0.5, 0.6) is 0 Å². The molecule has 0 aromatic heterocycles. The van der Waals surface area contributed by atoms with Crippen molar-refractivity contribution in [3.05, 3.63) is 34.4 Å². The number of halogens is 1. The van der Waals surface area contributed by atoms with Crippen LogP contribution in [0.1, 0.15) is 31.2 Å². The van der Waals surface area contributed by atoms with Gasteiger partial charge in [-0.1, -0.05) is 23.3 Å². The van der Waals surface area contributed by atoms with Gasteiger partial charge in [0.2, 0.25) is 0 Å². The Hall–Kier alpha value is -1.03. The molecule has 1 aromatic rings. The molecule has 1 aromatic carbocycles. The van der Waals surface area contributed by atoms with Crippen LogP contribution in [0.2, 0.25) is 5.02 Å². The summed E-state index contributed by atoms with van der Waals surface area (Å²) in [7, 11) is 0. The Bertz CT molecular complexity index is 495. The van der Waals surface area contributed by atoms with E-state index in [1.807, 2.05) is 18.2 Å². The lowest BCUT2D eigenvalue weighted by atomic mass is 9.88. The van der Waals surface area contributed by atoms with Crippen LogP contribution in [-0.4, -0.2) is 19.0 Å². The summed E-state index contributed by atoms with van der Waals surface area (Å²) < 4.78 is 11.5. The molecule has 0 amide bonds. The van der Waals surface area contributed by atoms with Crippen LogP contribution in [-0.2, 0) is 9.47 Å². The molecule has 0 unspecified atom stereocenters. The van der Waals surface area contributed by atoms with Crippen molar-refractivity contribution in [1.82, 2.24) is 0 Å². The molecule has 0 radical (unpaired) electrons. The van der Waals surface area contributed by atoms with Gasteiger partial charge in [-0.15, -0.1) is 0 Å². The highest BCUT2D eigenvalue weighted by molar-refractivity contribution is 6.30. The van der Waals surface area contributed by atoms with Crippen LogP contribution in [0.15, 0.2) is 23.8 Å². The van der Waals surface area contributed by atoms with Gasteiger partial charge in [-0.05, 0) is 36.6 Å². The number of ether oxygens (including phenoxy) is 2. The van der Waals surface area contributed by atoms with E-state index >= 15 is 0 Å². The van der Waals surface area contributed by atoms with Crippen LogP contribution in [0.3, 0.4) is 0 Å². The molecule has 102 valence electrons. The summed E-state index contributed by atoms with van der Waals surface area (Å²) in [6, 6.07) is 5.58. The van der Waals surface area contributed by atoms with Crippen LogP contribution >= 0.6 is 11.6 Å². The smallest absolute Gasteiger partial charge is 0.169 e. The zero-order chi connectivity index (χ0) is 13.3. The maximum atomic E-state index is 6.01. The molecule has 1 heterocycles. The number of nitrogen functional groups attached to an aromatic ring is 1. The third kappa shape index (κ3) is 2.78. The third-order valence-corrected chi connectivity index (χ3v) is 4.11. The molecule has 19 heavy (non-hydrogen) atoms. The van der Waals surface area contributed by atoms with Gasteiger partial charge in [0, 0.05) is 23.6 Å². The number of allylic oxidation sites excluding steroid dienone is 1. The second-order valence-electron chi connectivity index (χ2n) is 5.18. The molecule has 4 heteroatoms. The van der Waals surface area contributed by atoms with Crippen molar-refractivity contribution in [3.63, 3.8) is 0 Å². The molecule has 3 rings (SSSR count). The lowest BCUT2D eigenvalue weighted by Gasteiger charge is -2.32. The predicted molar refractivity (Wildman–Crippen MR) is 76.9 cm³/mol. The second-order valence-corrected chi connectivity index (χ2v) is 5.62. The van der Waals surface area contributed by atoms with Crippen molar-refractivity contribution in [2.45, 2.75) is 31.5 Å². The Morgan fingerprint density at radius 1 is 1.16 bits per heavy atom. The molecule has 0 atom stereocenters. The van der Waals surface area contributed by atoms with Crippen LogP contribution < -0.4 is 5.73 Å². The Kier molecular flexibility index (Phi) is 3.52. The van der Waals surface area contributed by atoms with Gasteiger partial charge in [-0.25, -0.2) is 0 Å². The molecule has 1 saturated carbocycles. The van der Waals surface area contributed by atoms with Gasteiger partial charge in [0.15, 0.2) is 5.79 Å². The molecular weight excluding hydrogens is 262 g/mol. The third-order valence-electron chi connectivity index (χ3n) is 3.88. The first-order valence-electron chi connectivity index (χ1n) is 6.69. The minimum atomic E-state index is -0.308. The Morgan fingerprint density at radius 3 is 2.53 bits per heavy atom. The number of hydrogen-bond donors (Lipinski definition) is 1. The van der Waals surface area contributed by atoms with E-state index in [4.69, 9.17) is 26.8 Å². The van der Waals surface area contributed by atoms with E-state index in [-0.39, 0.29) is 5.79 Å². The standard InChI is InChI=1S/C15H18ClNO2/c16-13-1-2-14(17)12(10-13)9-11-3-5-15(6-4-11)18-7-8-19-15/h1-2,9-10H,3-8,17H2. The number of benzene rings is 1. The van der Waals surface area contributed by atoms with Gasteiger partial charge in [0.05, 0.1) is 13.2 Å². The first-order valence-corrected chi connectivity index (χ1v) is 7.07. The minimum Gasteiger partial charge on any atom is -0.398 e. The molecular formula is C15H18ClNO2. The lowest BCUT2D eigenvalue weighted by Crippen LogP contribution is -2.33. The second kappa shape index (κ2) is 5.16. The first kappa shape index (κ1) is 13.0. The quantitative estimate of drug-likeness (QED) is 0.799. The van der Waals surface area contributed by atoms with Crippen molar-refractivity contribution in [2.24, 2.45) is 0 Å². The van der Waals surface area contributed by atoms with Crippen LogP contribution in [0, 0.1) is 0 Å². The van der Waals surface area contributed by atoms with E-state index in [9.17, 15) is 0 Å². The maximum absolute atomic E-state index is 6.01. The lowest BCUT2D eigenvalue weighted by molar-refractivity contribution is -0.171. The fourth-order valence-corrected chi connectivity index (χ4v) is 2.95. The van der Waals surface area contributed by atoms with Gasteiger partial charge in [0.25, 0.3) is 0 Å². The summed E-state index contributed by atoms with van der Waals surface area (Å²) >= 11 is 6.01. The summed E-state index contributed by atoms with van der Waals surface area (Å²) in [5, 5.41) is 0.718. The summed E-state index contributed by atoms with van der Waals surface area (Å²) in [6.45, 7) is 1.45. The average molecular weight is 280 g/mol. The Labute approximate surface area is 118 Å². The molecule has 1 aliphatic heterocycles. The number of hydrogen-bond acceptors (Lipinski definition) is 3. The maximum Gasteiger partial charge on any atom is 0.169 e. The molecule has 0 bridgehead atoms. The summed E-state index contributed by atoms with van der Waals surface area (Å²) in [5.74, 6) is -0.308. The normalized spacial score (nSPS) is 21.8. The summed E-state index contributed by atoms with van der Waals surface area (Å²) in [5.41, 5.74) is 9.13. The molecule has 1 saturated heterocycles. The van der Waals surface area contributed by atoms with Crippen LogP contribution in [0.4, 0.5) is 5.69 Å². The number of anilines is 1. The Morgan fingerprint density at radius 2 is 1.84 bits per heavy atom. The van der Waals surface area contributed by atoms with E-state index in [1.165, 1.54) is 5.57 Å². The fourth-order valence-electron chi connectivity index (χ4n) is 2.77. The van der Waals surface area contributed by atoms with Gasteiger partial charge in [-0.2, -0.15) is 0 Å². The van der Waals surface area contributed by atoms with Crippen molar-refractivity contribution in [2.75, 3.05) is 18.9 Å². The topological polar surface area (TPSA) is 44.5 Å². The van der Waals surface area contributed by atoms with E-state index in [2.05, 4.69) is 6.08 Å². The van der Waals surface area contributed by atoms with E-state index in [0.717, 1.165) is 55.2 Å². The largest absolute Gasteiger partial charge is 0.398 e. The van der Waals surface area contributed by atoms with Gasteiger partial charge >= 0.3 is 0 Å². The zero-order valence-electron chi connectivity index (χ0n) is 10.8. The highest BCUT2D eigenvalue weighted by atomic mass is 35.5. The van der Waals surface area contributed by atoms with Crippen molar-refractivity contribution in [1.29, 1.82) is 0 Å². The van der Waals surface area contributed by atoms with E-state index in [1.54, 1.807) is 0 Å². The van der Waals surface area contributed by atoms with Crippen molar-refractivity contribution in [3.8, 4) is 0 Å². The number of rotatable bonds is 1. The van der Waals surface area contributed by atoms with Gasteiger partial charge in [0.1, 0.15) is 0 Å². The molecule has 2 fully saturated rings. The highest BCUT2D eigenvalue weighted by Crippen LogP contribution is 2.39. The van der Waals surface area contributed by atoms with Gasteiger partial charge < -0.3 is 15.2 Å².